The first-order valence-corrected chi connectivity index (χ1v) is 18.4. The van der Waals surface area contributed by atoms with E-state index in [1.54, 1.807) is 6.20 Å². The summed E-state index contributed by atoms with van der Waals surface area (Å²) in [4.78, 5) is 35.2. The third-order valence-electron chi connectivity index (χ3n) is 9.77. The fraction of sp³-hybridized carbons (Fsp3) is 0. The number of hydrogen-bond acceptors (Lipinski definition) is 7. The number of nitrogens with zero attached hydrogens (tertiary/aromatic N) is 7. The largest absolute Gasteiger partial charge is 0.263 e. The second kappa shape index (κ2) is 14.2. The third kappa shape index (κ3) is 6.54. The van der Waals surface area contributed by atoms with Crippen LogP contribution in [0.4, 0.5) is 0 Å². The van der Waals surface area contributed by atoms with E-state index in [1.165, 1.54) is 0 Å². The molecule has 0 aliphatic rings. The lowest BCUT2D eigenvalue weighted by Crippen LogP contribution is -2.02. The van der Waals surface area contributed by atoms with E-state index in [1.807, 2.05) is 109 Å². The predicted molar refractivity (Wildman–Crippen MR) is 224 cm³/mol. The first-order valence-electron chi connectivity index (χ1n) is 18.4. The maximum Gasteiger partial charge on any atom is 0.182 e. The lowest BCUT2D eigenvalue weighted by Gasteiger charge is -2.13. The van der Waals surface area contributed by atoms with Gasteiger partial charge in [-0.15, -0.1) is 0 Å². The van der Waals surface area contributed by atoms with Crippen LogP contribution < -0.4 is 0 Å². The van der Waals surface area contributed by atoms with Crippen molar-refractivity contribution in [2.75, 3.05) is 0 Å². The summed E-state index contributed by atoms with van der Waals surface area (Å²) in [6.45, 7) is 0. The summed E-state index contributed by atoms with van der Waals surface area (Å²) in [5.74, 6) is 1.43. The van der Waals surface area contributed by atoms with E-state index in [-0.39, 0.29) is 0 Å². The molecule has 0 saturated carbocycles. The van der Waals surface area contributed by atoms with Crippen molar-refractivity contribution in [3.05, 3.63) is 188 Å². The maximum atomic E-state index is 5.15. The molecule has 0 radical (unpaired) electrons. The molecule has 0 saturated heterocycles. The Morgan fingerprint density at radius 2 is 0.732 bits per heavy atom. The Labute approximate surface area is 323 Å². The summed E-state index contributed by atoms with van der Waals surface area (Å²) in [7, 11) is 0. The van der Waals surface area contributed by atoms with Crippen LogP contribution in [0.15, 0.2) is 188 Å². The minimum Gasteiger partial charge on any atom is -0.263 e. The van der Waals surface area contributed by atoms with Crippen molar-refractivity contribution in [3.8, 4) is 79.2 Å². The van der Waals surface area contributed by atoms with E-state index in [2.05, 4.69) is 77.8 Å². The van der Waals surface area contributed by atoms with Crippen molar-refractivity contribution in [2.24, 2.45) is 0 Å². The Hall–Kier alpha value is -7.77. The van der Waals surface area contributed by atoms with Crippen LogP contribution in [0.3, 0.4) is 0 Å². The van der Waals surface area contributed by atoms with Crippen molar-refractivity contribution in [2.45, 2.75) is 0 Å². The average molecular weight is 718 g/mol. The lowest BCUT2D eigenvalue weighted by molar-refractivity contribution is 1.06. The zero-order valence-electron chi connectivity index (χ0n) is 30.0. The minimum absolute atomic E-state index is 0.451. The molecule has 0 bridgehead atoms. The molecule has 0 amide bonds. The number of pyridine rings is 4. The second-order valence-electron chi connectivity index (χ2n) is 13.5. The molecule has 5 aromatic heterocycles. The van der Waals surface area contributed by atoms with Crippen LogP contribution in [0.2, 0.25) is 0 Å². The van der Waals surface area contributed by atoms with Crippen molar-refractivity contribution in [1.29, 1.82) is 0 Å². The van der Waals surface area contributed by atoms with Crippen molar-refractivity contribution in [1.82, 2.24) is 34.9 Å². The van der Waals surface area contributed by atoms with E-state index in [0.717, 1.165) is 77.8 Å². The predicted octanol–water partition coefficient (Wildman–Crippen LogP) is 11.4. The SMILES string of the molecule is c1ccc(-c2cncc(-c3nc(-c4cc(-c5ccc6ccccc6n5)cc(-c5ccc6ccccc6n5)c4)nc(-c4cccc(-c5ccccc5)n4)n3)c2)cc1. The standard InChI is InChI=1S/C49H31N7/c1-3-12-32(13-4-1)39-29-40(31-50-30-39)48-54-47(55-49(56-48)46-21-11-20-43(53-46)33-14-5-2-6-15-33)38-27-36(44-24-22-34-16-7-9-18-41(34)51-44)26-37(28-38)45-25-23-35-17-8-10-19-42(35)52-45/h1-31H. The molecule has 0 aliphatic heterocycles. The van der Waals surface area contributed by atoms with Crippen LogP contribution in [0.25, 0.3) is 101 Å². The monoisotopic (exact) mass is 717 g/mol. The van der Waals surface area contributed by atoms with Crippen LogP contribution in [-0.4, -0.2) is 34.9 Å². The van der Waals surface area contributed by atoms with Crippen LogP contribution in [0.1, 0.15) is 0 Å². The molecular formula is C49H31N7. The molecule has 0 N–H and O–H groups in total. The quantitative estimate of drug-likeness (QED) is 0.162. The molecule has 5 heterocycles. The van der Waals surface area contributed by atoms with Gasteiger partial charge in [0.25, 0.3) is 0 Å². The zero-order chi connectivity index (χ0) is 37.3. The Morgan fingerprint density at radius 1 is 0.250 bits per heavy atom. The summed E-state index contributed by atoms with van der Waals surface area (Å²) >= 11 is 0. The highest BCUT2D eigenvalue weighted by molar-refractivity contribution is 5.86. The number of aromatic nitrogens is 7. The summed E-state index contributed by atoms with van der Waals surface area (Å²) in [5, 5.41) is 2.15. The van der Waals surface area contributed by atoms with Crippen LogP contribution >= 0.6 is 0 Å². The molecule has 0 aliphatic carbocycles. The molecule has 262 valence electrons. The first-order chi connectivity index (χ1) is 27.7. The van der Waals surface area contributed by atoms with E-state index in [0.29, 0.717) is 23.2 Å². The summed E-state index contributed by atoms with van der Waals surface area (Å²) in [5.41, 5.74) is 11.4. The van der Waals surface area contributed by atoms with E-state index in [9.17, 15) is 0 Å². The molecule has 10 rings (SSSR count). The smallest absolute Gasteiger partial charge is 0.182 e. The molecular weight excluding hydrogens is 687 g/mol. The second-order valence-corrected chi connectivity index (χ2v) is 13.5. The number of fused-ring (bicyclic) bond motifs is 2. The van der Waals surface area contributed by atoms with Crippen molar-refractivity contribution < 1.29 is 0 Å². The normalized spacial score (nSPS) is 11.2. The van der Waals surface area contributed by atoms with Gasteiger partial charge >= 0.3 is 0 Å². The molecule has 0 spiro atoms. The Kier molecular flexibility index (Phi) is 8.35. The van der Waals surface area contributed by atoms with Gasteiger partial charge in [-0.1, -0.05) is 115 Å². The Bertz CT molecular complexity index is 2840. The highest BCUT2D eigenvalue weighted by Crippen LogP contribution is 2.34. The van der Waals surface area contributed by atoms with Gasteiger partial charge in [-0.2, -0.15) is 0 Å². The van der Waals surface area contributed by atoms with E-state index in [4.69, 9.17) is 29.9 Å². The minimum atomic E-state index is 0.451. The van der Waals surface area contributed by atoms with Gasteiger partial charge in [0.1, 0.15) is 5.69 Å². The highest BCUT2D eigenvalue weighted by Gasteiger charge is 2.18. The van der Waals surface area contributed by atoms with Gasteiger partial charge in [0, 0.05) is 56.5 Å². The van der Waals surface area contributed by atoms with Gasteiger partial charge in [0.15, 0.2) is 17.5 Å². The van der Waals surface area contributed by atoms with Crippen LogP contribution in [0.5, 0.6) is 0 Å². The maximum absolute atomic E-state index is 5.15. The van der Waals surface area contributed by atoms with Gasteiger partial charge in [0.05, 0.1) is 28.1 Å². The van der Waals surface area contributed by atoms with Gasteiger partial charge in [-0.3, -0.25) is 4.98 Å². The van der Waals surface area contributed by atoms with Gasteiger partial charge in [-0.25, -0.2) is 29.9 Å². The summed E-state index contributed by atoms with van der Waals surface area (Å²) in [6.07, 6.45) is 3.65. The van der Waals surface area contributed by atoms with Crippen LogP contribution in [0, 0.1) is 0 Å². The van der Waals surface area contributed by atoms with Gasteiger partial charge in [0.2, 0.25) is 0 Å². The molecule has 7 nitrogen and oxygen atoms in total. The average Bonchev–Trinajstić information content (AvgIpc) is 3.29. The van der Waals surface area contributed by atoms with Gasteiger partial charge < -0.3 is 0 Å². The highest BCUT2D eigenvalue weighted by atomic mass is 15.0. The van der Waals surface area contributed by atoms with Crippen LogP contribution in [-0.2, 0) is 0 Å². The van der Waals surface area contributed by atoms with E-state index >= 15 is 0 Å². The molecule has 0 fully saturated rings. The van der Waals surface area contributed by atoms with Gasteiger partial charge in [-0.05, 0) is 66.2 Å². The summed E-state index contributed by atoms with van der Waals surface area (Å²) < 4.78 is 0. The fourth-order valence-electron chi connectivity index (χ4n) is 6.93. The molecule has 0 atom stereocenters. The third-order valence-corrected chi connectivity index (χ3v) is 9.77. The number of hydrogen-bond donors (Lipinski definition) is 0. The van der Waals surface area contributed by atoms with Crippen molar-refractivity contribution in [3.63, 3.8) is 0 Å². The molecule has 56 heavy (non-hydrogen) atoms. The summed E-state index contributed by atoms with van der Waals surface area (Å²) in [6, 6.07) is 59.2. The Balaban J connectivity index is 1.19. The van der Waals surface area contributed by atoms with Crippen molar-refractivity contribution >= 4 is 21.8 Å². The zero-order valence-corrected chi connectivity index (χ0v) is 30.0. The molecule has 5 aromatic carbocycles. The number of rotatable bonds is 7. The Morgan fingerprint density at radius 3 is 1.39 bits per heavy atom. The fourth-order valence-corrected chi connectivity index (χ4v) is 6.93. The first kappa shape index (κ1) is 32.8. The molecule has 0 unspecified atom stereocenters. The number of para-hydroxylation sites is 2. The molecule has 10 aromatic rings. The van der Waals surface area contributed by atoms with E-state index < -0.39 is 0 Å². The number of benzene rings is 5. The lowest BCUT2D eigenvalue weighted by atomic mass is 9.99. The molecule has 7 heteroatoms. The topological polar surface area (TPSA) is 90.2 Å².